The molecule has 0 N–H and O–H groups in total. The lowest BCUT2D eigenvalue weighted by Gasteiger charge is -2.11. The molecule has 1 saturated carbocycles. The fourth-order valence-electron chi connectivity index (χ4n) is 3.04. The van der Waals surface area contributed by atoms with Gasteiger partial charge in [0.05, 0.1) is 13.7 Å². The van der Waals surface area contributed by atoms with Crippen LogP contribution in [-0.2, 0) is 0 Å². The van der Waals surface area contributed by atoms with Gasteiger partial charge in [0.15, 0.2) is 11.5 Å². The molecular formula is C23H21F3N2O3. The normalized spacial score (nSPS) is 14.1. The van der Waals surface area contributed by atoms with Crippen LogP contribution >= 0.6 is 0 Å². The quantitative estimate of drug-likeness (QED) is 0.457. The molecule has 3 aromatic rings. The SMILES string of the molecule is COc1ccc(C=Cc2nccn2-c2ccc(OC(F)(F)F)cc2)cc1OCC1CC1. The van der Waals surface area contributed by atoms with Crippen molar-refractivity contribution in [2.24, 2.45) is 5.92 Å². The van der Waals surface area contributed by atoms with Crippen molar-refractivity contribution in [2.45, 2.75) is 19.2 Å². The maximum atomic E-state index is 12.3. The van der Waals surface area contributed by atoms with E-state index in [0.717, 1.165) is 5.56 Å². The predicted molar refractivity (Wildman–Crippen MR) is 110 cm³/mol. The standard InChI is InChI=1S/C23H21F3N2O3/c1-29-20-10-4-16(14-21(20)30-15-17-2-3-17)5-11-22-27-12-13-28(22)18-6-8-19(9-7-18)31-23(24,25)26/h4-14,17H,2-3,15H2,1H3. The van der Waals surface area contributed by atoms with E-state index in [0.29, 0.717) is 35.5 Å². The number of alkyl halides is 3. The highest BCUT2D eigenvalue weighted by molar-refractivity contribution is 5.69. The van der Waals surface area contributed by atoms with E-state index in [9.17, 15) is 13.2 Å². The summed E-state index contributed by atoms with van der Waals surface area (Å²) in [6, 6.07) is 11.3. The Bertz CT molecular complexity index is 1050. The van der Waals surface area contributed by atoms with E-state index in [4.69, 9.17) is 9.47 Å². The molecule has 8 heteroatoms. The van der Waals surface area contributed by atoms with Gasteiger partial charge in [0.1, 0.15) is 11.6 Å². The number of methoxy groups -OCH3 is 1. The first-order valence-electron chi connectivity index (χ1n) is 9.80. The van der Waals surface area contributed by atoms with Gasteiger partial charge in [0, 0.05) is 18.1 Å². The molecule has 5 nitrogen and oxygen atoms in total. The van der Waals surface area contributed by atoms with Crippen molar-refractivity contribution in [3.8, 4) is 22.9 Å². The molecule has 162 valence electrons. The zero-order valence-corrected chi connectivity index (χ0v) is 16.8. The summed E-state index contributed by atoms with van der Waals surface area (Å²) < 4.78 is 54.0. The van der Waals surface area contributed by atoms with E-state index < -0.39 is 6.36 Å². The van der Waals surface area contributed by atoms with Gasteiger partial charge in [0.2, 0.25) is 0 Å². The summed E-state index contributed by atoms with van der Waals surface area (Å²) in [6.07, 6.45) is 4.76. The van der Waals surface area contributed by atoms with Gasteiger partial charge in [0.25, 0.3) is 0 Å². The van der Waals surface area contributed by atoms with Crippen molar-refractivity contribution in [3.63, 3.8) is 0 Å². The van der Waals surface area contributed by atoms with Gasteiger partial charge < -0.3 is 18.8 Å². The van der Waals surface area contributed by atoms with Crippen molar-refractivity contribution >= 4 is 12.2 Å². The molecule has 2 aromatic carbocycles. The van der Waals surface area contributed by atoms with Gasteiger partial charge in [-0.3, -0.25) is 0 Å². The molecule has 0 atom stereocenters. The Hall–Kier alpha value is -3.42. The van der Waals surface area contributed by atoms with E-state index in [-0.39, 0.29) is 5.75 Å². The molecule has 0 amide bonds. The molecule has 4 rings (SSSR count). The summed E-state index contributed by atoms with van der Waals surface area (Å²) in [5.41, 5.74) is 1.57. The fraction of sp³-hybridized carbons (Fsp3) is 0.261. The second-order valence-corrected chi connectivity index (χ2v) is 7.20. The second-order valence-electron chi connectivity index (χ2n) is 7.20. The molecule has 1 aliphatic rings. The molecule has 0 radical (unpaired) electrons. The predicted octanol–water partition coefficient (Wildman–Crippen LogP) is 5.74. The first-order valence-corrected chi connectivity index (χ1v) is 9.80. The summed E-state index contributed by atoms with van der Waals surface area (Å²) in [6.45, 7) is 0.683. The number of benzene rings is 2. The fourth-order valence-corrected chi connectivity index (χ4v) is 3.04. The minimum atomic E-state index is -4.72. The van der Waals surface area contributed by atoms with Crippen LogP contribution in [0.25, 0.3) is 17.8 Å². The van der Waals surface area contributed by atoms with Crippen molar-refractivity contribution in [3.05, 3.63) is 66.2 Å². The van der Waals surface area contributed by atoms with Crippen LogP contribution in [0.3, 0.4) is 0 Å². The van der Waals surface area contributed by atoms with Gasteiger partial charge in [-0.05, 0) is 66.8 Å². The monoisotopic (exact) mass is 430 g/mol. The average molecular weight is 430 g/mol. The molecule has 31 heavy (non-hydrogen) atoms. The minimum Gasteiger partial charge on any atom is -0.493 e. The molecule has 1 aromatic heterocycles. The highest BCUT2D eigenvalue weighted by Crippen LogP contribution is 2.33. The van der Waals surface area contributed by atoms with Crippen LogP contribution in [-0.4, -0.2) is 29.6 Å². The summed E-state index contributed by atoms with van der Waals surface area (Å²) >= 11 is 0. The van der Waals surface area contributed by atoms with E-state index in [2.05, 4.69) is 9.72 Å². The maximum absolute atomic E-state index is 12.3. The maximum Gasteiger partial charge on any atom is 0.573 e. The molecule has 0 saturated heterocycles. The van der Waals surface area contributed by atoms with E-state index in [1.807, 2.05) is 30.4 Å². The second kappa shape index (κ2) is 8.75. The molecule has 0 unspecified atom stereocenters. The minimum absolute atomic E-state index is 0.273. The molecule has 1 heterocycles. The van der Waals surface area contributed by atoms with E-state index in [1.165, 1.54) is 37.1 Å². The summed E-state index contributed by atoms with van der Waals surface area (Å²) in [4.78, 5) is 4.32. The van der Waals surface area contributed by atoms with Crippen LogP contribution in [0, 0.1) is 5.92 Å². The van der Waals surface area contributed by atoms with Crippen LogP contribution in [0.2, 0.25) is 0 Å². The first kappa shape index (κ1) is 20.8. The number of hydrogen-bond acceptors (Lipinski definition) is 4. The average Bonchev–Trinajstić information content (AvgIpc) is 3.46. The number of rotatable bonds is 8. The lowest BCUT2D eigenvalue weighted by molar-refractivity contribution is -0.274. The molecule has 0 spiro atoms. The van der Waals surface area contributed by atoms with Gasteiger partial charge >= 0.3 is 6.36 Å². The lowest BCUT2D eigenvalue weighted by Crippen LogP contribution is -2.17. The number of nitrogens with zero attached hydrogens (tertiary/aromatic N) is 2. The zero-order valence-electron chi connectivity index (χ0n) is 16.8. The smallest absolute Gasteiger partial charge is 0.493 e. The third-order valence-corrected chi connectivity index (χ3v) is 4.80. The third-order valence-electron chi connectivity index (χ3n) is 4.80. The Morgan fingerprint density at radius 2 is 1.84 bits per heavy atom. The lowest BCUT2D eigenvalue weighted by atomic mass is 10.2. The van der Waals surface area contributed by atoms with Crippen molar-refractivity contribution in [1.29, 1.82) is 0 Å². The summed E-state index contributed by atoms with van der Waals surface area (Å²) in [5.74, 6) is 2.36. The van der Waals surface area contributed by atoms with Gasteiger partial charge in [-0.1, -0.05) is 12.1 Å². The van der Waals surface area contributed by atoms with E-state index in [1.54, 1.807) is 24.1 Å². The Balaban J connectivity index is 1.50. The highest BCUT2D eigenvalue weighted by Gasteiger charge is 2.31. The summed E-state index contributed by atoms with van der Waals surface area (Å²) in [5, 5.41) is 0. The highest BCUT2D eigenvalue weighted by atomic mass is 19.4. The number of halogens is 3. The van der Waals surface area contributed by atoms with Crippen LogP contribution in [0.5, 0.6) is 17.2 Å². The molecule has 0 aliphatic heterocycles. The number of imidazole rings is 1. The summed E-state index contributed by atoms with van der Waals surface area (Å²) in [7, 11) is 1.61. The Morgan fingerprint density at radius 1 is 1.06 bits per heavy atom. The van der Waals surface area contributed by atoms with Gasteiger partial charge in [-0.25, -0.2) is 4.98 Å². The molecule has 1 aliphatic carbocycles. The van der Waals surface area contributed by atoms with Crippen LogP contribution in [0.4, 0.5) is 13.2 Å². The van der Waals surface area contributed by atoms with Crippen molar-refractivity contribution < 1.29 is 27.4 Å². The largest absolute Gasteiger partial charge is 0.573 e. The molecular weight excluding hydrogens is 409 g/mol. The van der Waals surface area contributed by atoms with Crippen molar-refractivity contribution in [2.75, 3.05) is 13.7 Å². The van der Waals surface area contributed by atoms with Gasteiger partial charge in [-0.15, -0.1) is 13.2 Å². The number of aromatic nitrogens is 2. The number of hydrogen-bond donors (Lipinski definition) is 0. The van der Waals surface area contributed by atoms with Crippen LogP contribution in [0.1, 0.15) is 24.2 Å². The zero-order chi connectivity index (χ0) is 21.8. The number of ether oxygens (including phenoxy) is 3. The van der Waals surface area contributed by atoms with Crippen molar-refractivity contribution in [1.82, 2.24) is 9.55 Å². The molecule has 1 fully saturated rings. The van der Waals surface area contributed by atoms with Crippen LogP contribution < -0.4 is 14.2 Å². The third kappa shape index (κ3) is 5.59. The molecule has 0 bridgehead atoms. The Labute approximate surface area is 177 Å². The topological polar surface area (TPSA) is 45.5 Å². The van der Waals surface area contributed by atoms with E-state index >= 15 is 0 Å². The first-order chi connectivity index (χ1) is 14.9. The Kier molecular flexibility index (Phi) is 5.88. The van der Waals surface area contributed by atoms with Gasteiger partial charge in [-0.2, -0.15) is 0 Å². The van der Waals surface area contributed by atoms with Crippen LogP contribution in [0.15, 0.2) is 54.9 Å². The Morgan fingerprint density at radius 3 is 2.52 bits per heavy atom.